The fraction of sp³-hybridized carbons (Fsp3) is 0.222. The third-order valence-corrected chi connectivity index (χ3v) is 4.97. The lowest BCUT2D eigenvalue weighted by molar-refractivity contribution is -0.115. The van der Waals surface area contributed by atoms with E-state index in [1.165, 1.54) is 18.9 Å². The van der Waals surface area contributed by atoms with E-state index in [0.29, 0.717) is 33.8 Å². The van der Waals surface area contributed by atoms with Crippen molar-refractivity contribution in [1.29, 1.82) is 0 Å². The minimum atomic E-state index is -0.420. The van der Waals surface area contributed by atoms with Crippen molar-refractivity contribution in [1.82, 2.24) is 0 Å². The highest BCUT2D eigenvalue weighted by atomic mass is 79.9. The van der Waals surface area contributed by atoms with Gasteiger partial charge in [-0.25, -0.2) is 0 Å². The van der Waals surface area contributed by atoms with Crippen LogP contribution in [0.15, 0.2) is 45.8 Å². The average Bonchev–Trinajstić information content (AvgIpc) is 2.62. The molecular weight excluding hydrogens is 420 g/mol. The van der Waals surface area contributed by atoms with E-state index in [-0.39, 0.29) is 11.7 Å². The number of thioether (sulfide) groups is 1. The van der Waals surface area contributed by atoms with Crippen molar-refractivity contribution in [2.45, 2.75) is 11.8 Å². The third kappa shape index (κ3) is 5.15. The van der Waals surface area contributed by atoms with Gasteiger partial charge in [-0.15, -0.1) is 11.8 Å². The molecule has 26 heavy (non-hydrogen) atoms. The molecule has 0 saturated carbocycles. The zero-order valence-corrected chi connectivity index (χ0v) is 16.8. The molecule has 2 amide bonds. The quantitative estimate of drug-likeness (QED) is 0.613. The van der Waals surface area contributed by atoms with E-state index in [1.54, 1.807) is 24.3 Å². The summed E-state index contributed by atoms with van der Waals surface area (Å²) in [6, 6.07) is 10.5. The van der Waals surface area contributed by atoms with Crippen LogP contribution in [0.1, 0.15) is 17.3 Å². The summed E-state index contributed by atoms with van der Waals surface area (Å²) in [4.78, 5) is 24.4. The number of halogens is 1. The Labute approximate surface area is 164 Å². The van der Waals surface area contributed by atoms with Crippen LogP contribution in [-0.2, 0) is 4.79 Å². The van der Waals surface area contributed by atoms with Crippen LogP contribution in [-0.4, -0.2) is 31.3 Å². The summed E-state index contributed by atoms with van der Waals surface area (Å²) in [5.41, 5.74) is 6.21. The Bertz CT molecular complexity index is 814. The van der Waals surface area contributed by atoms with Crippen LogP contribution in [0, 0.1) is 0 Å². The first kappa shape index (κ1) is 20.1. The highest BCUT2D eigenvalue weighted by molar-refractivity contribution is 9.10. The summed E-state index contributed by atoms with van der Waals surface area (Å²) in [7, 11) is 1.52. The summed E-state index contributed by atoms with van der Waals surface area (Å²) < 4.78 is 11.5. The Morgan fingerprint density at radius 2 is 2.00 bits per heavy atom. The second-order valence-corrected chi connectivity index (χ2v) is 7.00. The lowest BCUT2D eigenvalue weighted by atomic mass is 10.1. The van der Waals surface area contributed by atoms with E-state index in [1.807, 2.05) is 19.1 Å². The molecule has 3 N–H and O–H groups in total. The molecule has 0 aromatic heterocycles. The SMILES string of the molecule is CCOc1c(Br)cc(C(=O)Nc2ccccc2SCC(N)=O)cc1OC. The Morgan fingerprint density at radius 1 is 1.27 bits per heavy atom. The summed E-state index contributed by atoms with van der Waals surface area (Å²) in [6.07, 6.45) is 0. The van der Waals surface area contributed by atoms with E-state index in [9.17, 15) is 9.59 Å². The molecule has 0 radical (unpaired) electrons. The summed E-state index contributed by atoms with van der Waals surface area (Å²) in [6.45, 7) is 2.35. The van der Waals surface area contributed by atoms with Gasteiger partial charge in [0.25, 0.3) is 5.91 Å². The van der Waals surface area contributed by atoms with Gasteiger partial charge in [-0.3, -0.25) is 9.59 Å². The predicted octanol–water partition coefficient (Wildman–Crippen LogP) is 3.69. The second kappa shape index (κ2) is 9.49. The number of anilines is 1. The normalized spacial score (nSPS) is 10.3. The smallest absolute Gasteiger partial charge is 0.255 e. The first-order valence-corrected chi connectivity index (χ1v) is 9.56. The number of rotatable bonds is 8. The van der Waals surface area contributed by atoms with Crippen molar-refractivity contribution in [2.24, 2.45) is 5.73 Å². The number of carbonyl (C=O) groups is 2. The largest absolute Gasteiger partial charge is 0.493 e. The van der Waals surface area contributed by atoms with E-state index in [2.05, 4.69) is 21.2 Å². The number of para-hydroxylation sites is 1. The van der Waals surface area contributed by atoms with Crippen LogP contribution in [0.4, 0.5) is 5.69 Å². The lowest BCUT2D eigenvalue weighted by Crippen LogP contribution is -2.15. The maximum absolute atomic E-state index is 12.7. The van der Waals surface area contributed by atoms with Crippen LogP contribution < -0.4 is 20.5 Å². The van der Waals surface area contributed by atoms with Crippen molar-refractivity contribution in [3.8, 4) is 11.5 Å². The fourth-order valence-corrected chi connectivity index (χ4v) is 3.48. The van der Waals surface area contributed by atoms with E-state index >= 15 is 0 Å². The van der Waals surface area contributed by atoms with Crippen molar-refractivity contribution in [2.75, 3.05) is 24.8 Å². The number of nitrogens with one attached hydrogen (secondary N) is 1. The van der Waals surface area contributed by atoms with Gasteiger partial charge >= 0.3 is 0 Å². The van der Waals surface area contributed by atoms with E-state index in [4.69, 9.17) is 15.2 Å². The number of ether oxygens (including phenoxy) is 2. The number of methoxy groups -OCH3 is 1. The fourth-order valence-electron chi connectivity index (χ4n) is 2.17. The number of nitrogens with two attached hydrogens (primary N) is 1. The minimum absolute atomic E-state index is 0.134. The van der Waals surface area contributed by atoms with Gasteiger partial charge in [0.05, 0.1) is 29.6 Å². The average molecular weight is 439 g/mol. The molecule has 0 bridgehead atoms. The van der Waals surface area contributed by atoms with Gasteiger partial charge in [-0.05, 0) is 47.1 Å². The van der Waals surface area contributed by atoms with Crippen LogP contribution in [0.5, 0.6) is 11.5 Å². The number of amides is 2. The van der Waals surface area contributed by atoms with Crippen LogP contribution in [0.3, 0.4) is 0 Å². The molecule has 0 unspecified atom stereocenters. The first-order chi connectivity index (χ1) is 12.5. The minimum Gasteiger partial charge on any atom is -0.493 e. The van der Waals surface area contributed by atoms with E-state index < -0.39 is 5.91 Å². The van der Waals surface area contributed by atoms with Crippen LogP contribution in [0.25, 0.3) is 0 Å². The highest BCUT2D eigenvalue weighted by Crippen LogP contribution is 2.37. The van der Waals surface area contributed by atoms with Gasteiger partial charge in [0.2, 0.25) is 5.91 Å². The zero-order valence-electron chi connectivity index (χ0n) is 14.4. The molecule has 0 aliphatic rings. The molecule has 2 rings (SSSR count). The van der Waals surface area contributed by atoms with Crippen LogP contribution in [0.2, 0.25) is 0 Å². The van der Waals surface area contributed by atoms with Gasteiger partial charge in [-0.1, -0.05) is 12.1 Å². The maximum Gasteiger partial charge on any atom is 0.255 e. The molecule has 0 spiro atoms. The first-order valence-electron chi connectivity index (χ1n) is 7.78. The van der Waals surface area contributed by atoms with Gasteiger partial charge < -0.3 is 20.5 Å². The summed E-state index contributed by atoms with van der Waals surface area (Å²) >= 11 is 4.68. The third-order valence-electron chi connectivity index (χ3n) is 3.29. The van der Waals surface area contributed by atoms with E-state index in [0.717, 1.165) is 4.90 Å². The van der Waals surface area contributed by atoms with Crippen molar-refractivity contribution in [3.05, 3.63) is 46.4 Å². The van der Waals surface area contributed by atoms with Gasteiger partial charge in [-0.2, -0.15) is 0 Å². The standard InChI is InChI=1S/C18H19BrN2O4S/c1-3-25-17-12(19)8-11(9-14(17)24-2)18(23)21-13-6-4-5-7-15(13)26-10-16(20)22/h4-9H,3,10H2,1-2H3,(H2,20,22)(H,21,23). The molecule has 8 heteroatoms. The molecule has 0 heterocycles. The molecule has 0 saturated heterocycles. The number of hydrogen-bond donors (Lipinski definition) is 2. The molecule has 2 aromatic carbocycles. The Morgan fingerprint density at radius 3 is 2.65 bits per heavy atom. The van der Waals surface area contributed by atoms with Gasteiger partial charge in [0, 0.05) is 10.5 Å². The molecule has 0 atom stereocenters. The molecule has 0 aliphatic carbocycles. The lowest BCUT2D eigenvalue weighted by Gasteiger charge is -2.14. The number of primary amides is 1. The Balaban J connectivity index is 2.25. The highest BCUT2D eigenvalue weighted by Gasteiger charge is 2.16. The van der Waals surface area contributed by atoms with Gasteiger partial charge in [0.1, 0.15) is 0 Å². The topological polar surface area (TPSA) is 90.6 Å². The number of benzene rings is 2. The number of carbonyl (C=O) groups excluding carboxylic acids is 2. The monoisotopic (exact) mass is 438 g/mol. The Hall–Kier alpha value is -2.19. The second-order valence-electron chi connectivity index (χ2n) is 5.13. The van der Waals surface area contributed by atoms with Crippen molar-refractivity contribution < 1.29 is 19.1 Å². The maximum atomic E-state index is 12.7. The van der Waals surface area contributed by atoms with Gasteiger partial charge in [0.15, 0.2) is 11.5 Å². The molecule has 0 fully saturated rings. The number of hydrogen-bond acceptors (Lipinski definition) is 5. The predicted molar refractivity (Wildman–Crippen MR) is 106 cm³/mol. The molecule has 0 aliphatic heterocycles. The van der Waals surface area contributed by atoms with Crippen molar-refractivity contribution >= 4 is 45.2 Å². The Kier molecular flexibility index (Phi) is 7.35. The van der Waals surface area contributed by atoms with Crippen molar-refractivity contribution in [3.63, 3.8) is 0 Å². The zero-order chi connectivity index (χ0) is 19.1. The summed E-state index contributed by atoms with van der Waals surface area (Å²) in [5.74, 6) is 0.414. The molecule has 138 valence electrons. The molecule has 2 aromatic rings. The molecule has 6 nitrogen and oxygen atoms in total. The molecular formula is C18H19BrN2O4S. The van der Waals surface area contributed by atoms with Crippen LogP contribution >= 0.6 is 27.7 Å². The summed E-state index contributed by atoms with van der Waals surface area (Å²) in [5, 5.41) is 2.85.